The molecule has 12 heteroatoms. The zero-order valence-corrected chi connectivity index (χ0v) is 19.7. The number of hydrogen-bond donors (Lipinski definition) is 3. The Morgan fingerprint density at radius 3 is 2.42 bits per heavy atom. The highest BCUT2D eigenvalue weighted by Crippen LogP contribution is 2.33. The summed E-state index contributed by atoms with van der Waals surface area (Å²) in [6, 6.07) is 9.04. The molecule has 0 fully saturated rings. The van der Waals surface area contributed by atoms with Crippen LogP contribution >= 0.6 is 24.8 Å². The van der Waals surface area contributed by atoms with E-state index in [9.17, 15) is 9.59 Å². The number of nitrogens with one attached hydrogen (secondary N) is 1. The maximum atomic E-state index is 12.8. The normalized spacial score (nSPS) is 10.9. The number of methoxy groups -OCH3 is 2. The average Bonchev–Trinajstić information content (AvgIpc) is 3.23. The first-order chi connectivity index (χ1) is 14.8. The van der Waals surface area contributed by atoms with Gasteiger partial charge in [-0.2, -0.15) is 0 Å². The second-order valence-electron chi connectivity index (χ2n) is 6.59. The maximum absolute atomic E-state index is 12.8. The molecule has 3 rings (SSSR count). The first-order valence-electron chi connectivity index (χ1n) is 9.30. The highest BCUT2D eigenvalue weighted by molar-refractivity contribution is 5.94. The predicted molar refractivity (Wildman–Crippen MR) is 125 cm³/mol. The topological polar surface area (TPSA) is 150 Å². The van der Waals surface area contributed by atoms with Gasteiger partial charge >= 0.3 is 5.97 Å². The number of pyridine rings is 1. The van der Waals surface area contributed by atoms with Crippen LogP contribution in [-0.2, 0) is 6.54 Å². The van der Waals surface area contributed by atoms with Crippen molar-refractivity contribution in [2.45, 2.75) is 19.5 Å². The maximum Gasteiger partial charge on any atom is 0.354 e. The fraction of sp³-hybridized carbons (Fsp3) is 0.238. The Labute approximate surface area is 202 Å². The first kappa shape index (κ1) is 27.7. The lowest BCUT2D eigenvalue weighted by Gasteiger charge is -2.07. The summed E-state index contributed by atoms with van der Waals surface area (Å²) in [5.41, 5.74) is 6.86. The van der Waals surface area contributed by atoms with Crippen LogP contribution in [0.3, 0.4) is 0 Å². The summed E-state index contributed by atoms with van der Waals surface area (Å²) in [5, 5.41) is 11.7. The number of nitrogens with zero attached hydrogens (tertiary/aromatic N) is 2. The summed E-state index contributed by atoms with van der Waals surface area (Å²) in [6.07, 6.45) is 0. The largest absolute Gasteiger partial charge is 0.493 e. The van der Waals surface area contributed by atoms with Gasteiger partial charge in [-0.15, -0.1) is 24.8 Å². The summed E-state index contributed by atoms with van der Waals surface area (Å²) >= 11 is 0. The molecule has 0 bridgehead atoms. The molecule has 1 amide bonds. The number of benzene rings is 1. The lowest BCUT2D eigenvalue weighted by molar-refractivity contribution is 0.0690. The minimum absolute atomic E-state index is 0. The van der Waals surface area contributed by atoms with E-state index in [1.807, 2.05) is 0 Å². The van der Waals surface area contributed by atoms with Crippen molar-refractivity contribution in [3.05, 3.63) is 59.2 Å². The number of carbonyl (C=O) groups excluding carboxylic acids is 1. The van der Waals surface area contributed by atoms with Gasteiger partial charge < -0.3 is 30.0 Å². The SMILES string of the molecule is COc1ccc(-c2nc(C(=O)NCc3cccc(C(=O)O)n3)c([C@H](C)N)o2)cc1OC.Cl.Cl. The first-order valence-corrected chi connectivity index (χ1v) is 9.30. The molecule has 0 saturated heterocycles. The molecule has 1 atom stereocenters. The summed E-state index contributed by atoms with van der Waals surface area (Å²) in [5.74, 6) is -0.233. The molecule has 0 spiro atoms. The van der Waals surface area contributed by atoms with Crippen LogP contribution in [0.5, 0.6) is 11.5 Å². The Kier molecular flexibility index (Phi) is 10.1. The molecule has 0 saturated carbocycles. The summed E-state index contributed by atoms with van der Waals surface area (Å²) < 4.78 is 16.3. The Balaban J connectivity index is 0.00000272. The molecule has 2 aromatic heterocycles. The number of nitrogens with two attached hydrogens (primary N) is 1. The van der Waals surface area contributed by atoms with E-state index in [1.165, 1.54) is 20.3 Å². The van der Waals surface area contributed by atoms with Crippen molar-refractivity contribution in [2.24, 2.45) is 5.73 Å². The lowest BCUT2D eigenvalue weighted by atomic mass is 10.2. The summed E-state index contributed by atoms with van der Waals surface area (Å²) in [7, 11) is 3.04. The zero-order chi connectivity index (χ0) is 22.5. The number of carbonyl (C=O) groups is 2. The molecule has 2 heterocycles. The third kappa shape index (κ3) is 6.35. The second-order valence-corrected chi connectivity index (χ2v) is 6.59. The van der Waals surface area contributed by atoms with Gasteiger partial charge in [0.05, 0.1) is 32.5 Å². The van der Waals surface area contributed by atoms with Gasteiger partial charge in [0.2, 0.25) is 5.89 Å². The molecule has 0 aliphatic rings. The quantitative estimate of drug-likeness (QED) is 0.424. The van der Waals surface area contributed by atoms with Gasteiger partial charge in [-0.25, -0.2) is 14.8 Å². The van der Waals surface area contributed by atoms with Crippen LogP contribution in [0, 0.1) is 0 Å². The van der Waals surface area contributed by atoms with Crippen LogP contribution < -0.4 is 20.5 Å². The number of amides is 1. The summed E-state index contributed by atoms with van der Waals surface area (Å²) in [4.78, 5) is 32.1. The van der Waals surface area contributed by atoms with E-state index in [-0.39, 0.29) is 54.4 Å². The van der Waals surface area contributed by atoms with Gasteiger partial charge in [0.1, 0.15) is 5.69 Å². The number of halogens is 2. The van der Waals surface area contributed by atoms with E-state index >= 15 is 0 Å². The van der Waals surface area contributed by atoms with E-state index in [1.54, 1.807) is 37.3 Å². The molecular weight excluding hydrogens is 475 g/mol. The molecule has 0 aliphatic carbocycles. The minimum atomic E-state index is -1.15. The Hall–Kier alpha value is -3.34. The zero-order valence-electron chi connectivity index (χ0n) is 18.0. The average molecular weight is 499 g/mol. The molecule has 0 aliphatic heterocycles. The monoisotopic (exact) mass is 498 g/mol. The van der Waals surface area contributed by atoms with Crippen LogP contribution in [0.4, 0.5) is 0 Å². The van der Waals surface area contributed by atoms with E-state index < -0.39 is 17.9 Å². The second kappa shape index (κ2) is 12.0. The van der Waals surface area contributed by atoms with Crippen molar-refractivity contribution in [1.82, 2.24) is 15.3 Å². The predicted octanol–water partition coefficient (Wildman–Crippen LogP) is 3.25. The van der Waals surface area contributed by atoms with Crippen molar-refractivity contribution in [3.63, 3.8) is 0 Å². The number of aromatic nitrogens is 2. The smallest absolute Gasteiger partial charge is 0.354 e. The molecule has 0 unspecified atom stereocenters. The standard InChI is InChI=1S/C21H22N4O6.2ClH/c1-11(22)18-17(19(26)23-10-13-5-4-6-14(24-13)21(27)28)25-20(31-18)12-7-8-15(29-2)16(9-12)30-3;;/h4-9,11H,10,22H2,1-3H3,(H,23,26)(H,27,28);2*1H/t11-;;/m0../s1. The van der Waals surface area contributed by atoms with Crippen LogP contribution in [0.15, 0.2) is 40.8 Å². The Morgan fingerprint density at radius 1 is 1.12 bits per heavy atom. The van der Waals surface area contributed by atoms with E-state index in [2.05, 4.69) is 15.3 Å². The highest BCUT2D eigenvalue weighted by Gasteiger charge is 2.24. The third-order valence-electron chi connectivity index (χ3n) is 4.37. The molecular formula is C21H24Cl2N4O6. The third-order valence-corrected chi connectivity index (χ3v) is 4.37. The number of carboxylic acid groups (broad SMARTS) is 1. The molecule has 0 radical (unpaired) electrons. The van der Waals surface area contributed by atoms with Crippen molar-refractivity contribution in [3.8, 4) is 23.0 Å². The van der Waals surface area contributed by atoms with Crippen LogP contribution in [0.25, 0.3) is 11.5 Å². The minimum Gasteiger partial charge on any atom is -0.493 e. The molecule has 178 valence electrons. The molecule has 4 N–H and O–H groups in total. The Morgan fingerprint density at radius 2 is 1.82 bits per heavy atom. The molecule has 33 heavy (non-hydrogen) atoms. The number of carboxylic acids is 1. The van der Waals surface area contributed by atoms with Gasteiger partial charge in [-0.3, -0.25) is 4.79 Å². The van der Waals surface area contributed by atoms with Crippen molar-refractivity contribution in [1.29, 1.82) is 0 Å². The van der Waals surface area contributed by atoms with Gasteiger partial charge in [0, 0.05) is 5.56 Å². The van der Waals surface area contributed by atoms with Crippen molar-refractivity contribution < 1.29 is 28.6 Å². The van der Waals surface area contributed by atoms with E-state index in [0.717, 1.165) is 0 Å². The fourth-order valence-electron chi connectivity index (χ4n) is 2.85. The summed E-state index contributed by atoms with van der Waals surface area (Å²) in [6.45, 7) is 1.68. The van der Waals surface area contributed by atoms with Gasteiger partial charge in [-0.1, -0.05) is 6.07 Å². The fourth-order valence-corrected chi connectivity index (χ4v) is 2.85. The van der Waals surface area contributed by atoms with Gasteiger partial charge in [0.15, 0.2) is 23.0 Å². The van der Waals surface area contributed by atoms with E-state index in [0.29, 0.717) is 22.8 Å². The molecule has 10 nitrogen and oxygen atoms in total. The number of ether oxygens (including phenoxy) is 2. The Bertz CT molecular complexity index is 1120. The van der Waals surface area contributed by atoms with Crippen LogP contribution in [0.2, 0.25) is 0 Å². The van der Waals surface area contributed by atoms with Gasteiger partial charge in [-0.05, 0) is 37.3 Å². The molecule has 3 aromatic rings. The van der Waals surface area contributed by atoms with Crippen LogP contribution in [0.1, 0.15) is 45.4 Å². The van der Waals surface area contributed by atoms with Crippen molar-refractivity contribution in [2.75, 3.05) is 14.2 Å². The van der Waals surface area contributed by atoms with Crippen LogP contribution in [-0.4, -0.2) is 41.2 Å². The number of hydrogen-bond acceptors (Lipinski definition) is 8. The number of oxazole rings is 1. The van der Waals surface area contributed by atoms with E-state index in [4.69, 9.17) is 24.7 Å². The lowest BCUT2D eigenvalue weighted by Crippen LogP contribution is -2.26. The highest BCUT2D eigenvalue weighted by atomic mass is 35.5. The van der Waals surface area contributed by atoms with Gasteiger partial charge in [0.25, 0.3) is 5.91 Å². The molecule has 1 aromatic carbocycles. The number of rotatable bonds is 8. The van der Waals surface area contributed by atoms with Crippen molar-refractivity contribution >= 4 is 36.7 Å². The number of aromatic carboxylic acids is 1.